The van der Waals surface area contributed by atoms with E-state index in [0.717, 1.165) is 5.39 Å². The Morgan fingerprint density at radius 3 is 2.79 bits per heavy atom. The summed E-state index contributed by atoms with van der Waals surface area (Å²) in [6, 6.07) is 6.72. The van der Waals surface area contributed by atoms with Crippen molar-refractivity contribution >= 4 is 21.0 Å². The van der Waals surface area contributed by atoms with Crippen LogP contribution in [0.4, 0.5) is 0 Å². The van der Waals surface area contributed by atoms with Crippen molar-refractivity contribution in [3.05, 3.63) is 30.5 Å². The van der Waals surface area contributed by atoms with Gasteiger partial charge < -0.3 is 4.42 Å². The summed E-state index contributed by atoms with van der Waals surface area (Å²) in [5.74, 6) is 0. The fourth-order valence-corrected chi connectivity index (χ4v) is 2.17. The molecule has 1 heterocycles. The Morgan fingerprint density at radius 1 is 1.29 bits per heavy atom. The minimum absolute atomic E-state index is 0.169. The number of benzene rings is 1. The number of rotatable bonds is 2. The molecular formula is C9H9NO3S. The lowest BCUT2D eigenvalue weighted by Gasteiger charge is -2.01. The highest BCUT2D eigenvalue weighted by Gasteiger charge is 2.16. The molecule has 74 valence electrons. The lowest BCUT2D eigenvalue weighted by molar-refractivity contribution is 0.579. The molecule has 0 bridgehead atoms. The van der Waals surface area contributed by atoms with Crippen LogP contribution in [-0.2, 0) is 10.0 Å². The Labute approximate surface area is 81.6 Å². The Morgan fingerprint density at radius 2 is 2.07 bits per heavy atom. The molecule has 0 radical (unpaired) electrons. The van der Waals surface area contributed by atoms with Crippen LogP contribution in [0.25, 0.3) is 11.0 Å². The quantitative estimate of drug-likeness (QED) is 0.815. The minimum atomic E-state index is -3.44. The molecule has 0 atom stereocenters. The summed E-state index contributed by atoms with van der Waals surface area (Å²) >= 11 is 0. The number of fused-ring (bicyclic) bond motifs is 1. The Balaban J connectivity index is 2.81. The van der Waals surface area contributed by atoms with Gasteiger partial charge in [0.1, 0.15) is 4.90 Å². The molecule has 5 heteroatoms. The summed E-state index contributed by atoms with van der Waals surface area (Å²) < 4.78 is 30.5. The van der Waals surface area contributed by atoms with Crippen LogP contribution >= 0.6 is 0 Å². The van der Waals surface area contributed by atoms with Crippen LogP contribution < -0.4 is 4.72 Å². The molecule has 0 saturated heterocycles. The highest BCUT2D eigenvalue weighted by molar-refractivity contribution is 7.89. The van der Waals surface area contributed by atoms with Crippen molar-refractivity contribution in [1.29, 1.82) is 0 Å². The standard InChI is InChI=1S/C9H9NO3S/c1-10-14(11,12)8-4-2-3-7-5-6-13-9(7)8/h2-6,10H,1H3. The molecule has 0 amide bonds. The summed E-state index contributed by atoms with van der Waals surface area (Å²) in [4.78, 5) is 0.169. The van der Waals surface area contributed by atoms with Crippen molar-refractivity contribution in [2.45, 2.75) is 4.90 Å². The molecule has 0 spiro atoms. The zero-order valence-electron chi connectivity index (χ0n) is 7.52. The predicted molar refractivity (Wildman–Crippen MR) is 52.5 cm³/mol. The Kier molecular flexibility index (Phi) is 2.05. The highest BCUT2D eigenvalue weighted by Crippen LogP contribution is 2.23. The highest BCUT2D eigenvalue weighted by atomic mass is 32.2. The Hall–Kier alpha value is -1.33. The number of para-hydroxylation sites is 1. The van der Waals surface area contributed by atoms with Gasteiger partial charge in [0.25, 0.3) is 0 Å². The molecule has 0 aliphatic heterocycles. The van der Waals surface area contributed by atoms with Crippen molar-refractivity contribution in [3.8, 4) is 0 Å². The third kappa shape index (κ3) is 1.30. The Bertz CT molecular complexity index is 556. The molecular weight excluding hydrogens is 202 g/mol. The van der Waals surface area contributed by atoms with Gasteiger partial charge in [0, 0.05) is 5.39 Å². The average Bonchev–Trinajstić information content (AvgIpc) is 2.64. The second-order valence-corrected chi connectivity index (χ2v) is 4.66. The molecule has 0 unspecified atom stereocenters. The number of hydrogen-bond donors (Lipinski definition) is 1. The van der Waals surface area contributed by atoms with E-state index in [1.807, 2.05) is 0 Å². The molecule has 0 fully saturated rings. The molecule has 1 aromatic carbocycles. The largest absolute Gasteiger partial charge is 0.463 e. The molecule has 0 aliphatic rings. The van der Waals surface area contributed by atoms with Crippen molar-refractivity contribution in [2.75, 3.05) is 7.05 Å². The van der Waals surface area contributed by atoms with E-state index in [2.05, 4.69) is 4.72 Å². The second kappa shape index (κ2) is 3.11. The summed E-state index contributed by atoms with van der Waals surface area (Å²) in [6.45, 7) is 0. The lowest BCUT2D eigenvalue weighted by atomic mass is 10.3. The second-order valence-electron chi connectivity index (χ2n) is 2.80. The maximum absolute atomic E-state index is 11.5. The zero-order valence-corrected chi connectivity index (χ0v) is 8.34. The van der Waals surface area contributed by atoms with E-state index in [9.17, 15) is 8.42 Å². The van der Waals surface area contributed by atoms with E-state index in [0.29, 0.717) is 5.58 Å². The van der Waals surface area contributed by atoms with Gasteiger partial charge in [0.2, 0.25) is 10.0 Å². The first kappa shape index (κ1) is 9.23. The summed E-state index contributed by atoms with van der Waals surface area (Å²) in [5.41, 5.74) is 0.391. The molecule has 2 rings (SSSR count). The first-order valence-corrected chi connectivity index (χ1v) is 5.53. The fraction of sp³-hybridized carbons (Fsp3) is 0.111. The van der Waals surface area contributed by atoms with Gasteiger partial charge >= 0.3 is 0 Å². The van der Waals surface area contributed by atoms with Gasteiger partial charge in [-0.15, -0.1) is 0 Å². The number of furan rings is 1. The summed E-state index contributed by atoms with van der Waals surface area (Å²) in [7, 11) is -2.07. The van der Waals surface area contributed by atoms with Crippen molar-refractivity contribution in [3.63, 3.8) is 0 Å². The van der Waals surface area contributed by atoms with E-state index in [-0.39, 0.29) is 4.90 Å². The molecule has 2 aromatic rings. The SMILES string of the molecule is CNS(=O)(=O)c1cccc2ccoc12. The summed E-state index contributed by atoms with van der Waals surface area (Å²) in [6.07, 6.45) is 1.47. The van der Waals surface area contributed by atoms with Gasteiger partial charge in [0.15, 0.2) is 5.58 Å². The van der Waals surface area contributed by atoms with Gasteiger partial charge in [-0.05, 0) is 19.2 Å². The normalized spacial score (nSPS) is 12.1. The maximum Gasteiger partial charge on any atom is 0.244 e. The first-order chi connectivity index (χ1) is 6.65. The van der Waals surface area contributed by atoms with E-state index in [1.165, 1.54) is 19.4 Å². The minimum Gasteiger partial charge on any atom is -0.463 e. The van der Waals surface area contributed by atoms with Crippen molar-refractivity contribution < 1.29 is 12.8 Å². The van der Waals surface area contributed by atoms with Crippen LogP contribution in [0.3, 0.4) is 0 Å². The predicted octanol–water partition coefficient (Wildman–Crippen LogP) is 1.34. The number of sulfonamides is 1. The molecule has 4 nitrogen and oxygen atoms in total. The van der Waals surface area contributed by atoms with Crippen LogP contribution in [0, 0.1) is 0 Å². The molecule has 0 saturated carbocycles. The smallest absolute Gasteiger partial charge is 0.244 e. The van der Waals surface area contributed by atoms with Gasteiger partial charge in [0.05, 0.1) is 6.26 Å². The van der Waals surface area contributed by atoms with Crippen molar-refractivity contribution in [1.82, 2.24) is 4.72 Å². The molecule has 1 aromatic heterocycles. The van der Waals surface area contributed by atoms with Crippen LogP contribution in [-0.4, -0.2) is 15.5 Å². The maximum atomic E-state index is 11.5. The average molecular weight is 211 g/mol. The van der Waals surface area contributed by atoms with E-state index >= 15 is 0 Å². The van der Waals surface area contributed by atoms with Crippen LogP contribution in [0.2, 0.25) is 0 Å². The molecule has 1 N–H and O–H groups in total. The van der Waals surface area contributed by atoms with Gasteiger partial charge in [-0.3, -0.25) is 0 Å². The molecule has 14 heavy (non-hydrogen) atoms. The monoisotopic (exact) mass is 211 g/mol. The third-order valence-corrected chi connectivity index (χ3v) is 3.44. The van der Waals surface area contributed by atoms with Crippen LogP contribution in [0.1, 0.15) is 0 Å². The molecule has 0 aliphatic carbocycles. The van der Waals surface area contributed by atoms with Gasteiger partial charge in [-0.1, -0.05) is 12.1 Å². The first-order valence-electron chi connectivity index (χ1n) is 4.05. The van der Waals surface area contributed by atoms with Crippen molar-refractivity contribution in [2.24, 2.45) is 0 Å². The third-order valence-electron chi connectivity index (χ3n) is 2.00. The van der Waals surface area contributed by atoms with E-state index in [4.69, 9.17) is 4.42 Å². The topological polar surface area (TPSA) is 59.3 Å². The van der Waals surface area contributed by atoms with Gasteiger partial charge in [-0.25, -0.2) is 13.1 Å². The summed E-state index contributed by atoms with van der Waals surface area (Å²) in [5, 5.41) is 0.779. The van der Waals surface area contributed by atoms with E-state index < -0.39 is 10.0 Å². The zero-order chi connectivity index (χ0) is 10.2. The lowest BCUT2D eigenvalue weighted by Crippen LogP contribution is -2.18. The van der Waals surface area contributed by atoms with Crippen LogP contribution in [0.5, 0.6) is 0 Å². The van der Waals surface area contributed by atoms with E-state index in [1.54, 1.807) is 18.2 Å². The number of hydrogen-bond acceptors (Lipinski definition) is 3. The number of nitrogens with one attached hydrogen (secondary N) is 1. The fourth-order valence-electron chi connectivity index (χ4n) is 1.29. The van der Waals surface area contributed by atoms with Gasteiger partial charge in [-0.2, -0.15) is 0 Å². The van der Waals surface area contributed by atoms with Crippen LogP contribution in [0.15, 0.2) is 39.8 Å².